The van der Waals surface area contributed by atoms with E-state index in [9.17, 15) is 5.11 Å². The molecule has 0 fully saturated rings. The van der Waals surface area contributed by atoms with Gasteiger partial charge in [0.1, 0.15) is 0 Å². The molecule has 0 saturated carbocycles. The van der Waals surface area contributed by atoms with Crippen molar-refractivity contribution < 1.29 is 9.84 Å². The van der Waals surface area contributed by atoms with Gasteiger partial charge in [-0.05, 0) is 42.4 Å². The zero-order valence-electron chi connectivity index (χ0n) is 12.3. The summed E-state index contributed by atoms with van der Waals surface area (Å²) in [4.78, 5) is 4.39. The molecule has 0 radical (unpaired) electrons. The fourth-order valence-electron chi connectivity index (χ4n) is 2.51. The molecule has 3 aromatic rings. The van der Waals surface area contributed by atoms with E-state index in [2.05, 4.69) is 17.1 Å². The van der Waals surface area contributed by atoms with E-state index < -0.39 is 0 Å². The number of fused-ring (bicyclic) bond motifs is 1. The Morgan fingerprint density at radius 3 is 2.45 bits per heavy atom. The Balaban J connectivity index is 2.23. The Bertz CT molecular complexity index is 860. The quantitative estimate of drug-likeness (QED) is 0.719. The van der Waals surface area contributed by atoms with Crippen LogP contribution in [-0.2, 0) is 4.74 Å². The lowest BCUT2D eigenvalue weighted by Crippen LogP contribution is -2.05. The molecule has 4 heteroatoms. The summed E-state index contributed by atoms with van der Waals surface area (Å²) < 4.78 is 5.02. The van der Waals surface area contributed by atoms with Crippen molar-refractivity contribution in [3.05, 3.63) is 59.9 Å². The van der Waals surface area contributed by atoms with Crippen molar-refractivity contribution in [3.63, 3.8) is 0 Å². The number of aryl methyl sites for hydroxylation is 1. The van der Waals surface area contributed by atoms with Gasteiger partial charge < -0.3 is 9.84 Å². The van der Waals surface area contributed by atoms with Gasteiger partial charge in [0.15, 0.2) is 11.4 Å². The number of methoxy groups -OCH3 is 1. The van der Waals surface area contributed by atoms with Gasteiger partial charge in [-0.2, -0.15) is 0 Å². The van der Waals surface area contributed by atoms with Gasteiger partial charge in [0.05, 0.1) is 7.11 Å². The normalized spacial score (nSPS) is 10.6. The fraction of sp³-hybridized carbons (Fsp3) is 0.111. The second kappa shape index (κ2) is 5.73. The monoisotopic (exact) mass is 309 g/mol. The van der Waals surface area contributed by atoms with Crippen LogP contribution in [0.15, 0.2) is 48.5 Å². The molecule has 0 aliphatic heterocycles. The number of ether oxygens (including phenoxy) is 1. The standard InChI is InChI=1S/C18H15NO2S/c1-11-15-10-13(12-6-4-3-5-7-12)8-9-14(15)17(20)16(19-11)18(22)21-2/h3-10,20H,1-2H3. The number of rotatable bonds is 2. The molecule has 0 amide bonds. The summed E-state index contributed by atoms with van der Waals surface area (Å²) in [5.74, 6) is 0.0621. The van der Waals surface area contributed by atoms with Crippen LogP contribution in [0.2, 0.25) is 0 Å². The number of hydrogen-bond donors (Lipinski definition) is 1. The highest BCUT2D eigenvalue weighted by atomic mass is 32.1. The van der Waals surface area contributed by atoms with Gasteiger partial charge in [0.2, 0.25) is 5.05 Å². The Labute approximate surface area is 134 Å². The van der Waals surface area contributed by atoms with Crippen LogP contribution in [0.25, 0.3) is 21.9 Å². The minimum Gasteiger partial charge on any atom is -0.505 e. The number of thiocarbonyl (C=S) groups is 1. The molecule has 110 valence electrons. The summed E-state index contributed by atoms with van der Waals surface area (Å²) in [5, 5.41) is 12.2. The molecule has 0 saturated heterocycles. The highest BCUT2D eigenvalue weighted by Gasteiger charge is 2.15. The lowest BCUT2D eigenvalue weighted by molar-refractivity contribution is 0.408. The van der Waals surface area contributed by atoms with Crippen molar-refractivity contribution in [2.24, 2.45) is 0 Å². The molecule has 22 heavy (non-hydrogen) atoms. The maximum Gasteiger partial charge on any atom is 0.213 e. The van der Waals surface area contributed by atoms with Gasteiger partial charge >= 0.3 is 0 Å². The third-order valence-electron chi connectivity index (χ3n) is 3.65. The van der Waals surface area contributed by atoms with Crippen molar-refractivity contribution in [1.82, 2.24) is 4.98 Å². The van der Waals surface area contributed by atoms with Crippen molar-refractivity contribution >= 4 is 28.0 Å². The average molecular weight is 309 g/mol. The molecule has 0 aliphatic rings. The summed E-state index contributed by atoms with van der Waals surface area (Å²) >= 11 is 5.09. The van der Waals surface area contributed by atoms with Crippen molar-refractivity contribution in [2.45, 2.75) is 6.92 Å². The maximum atomic E-state index is 10.4. The SMILES string of the molecule is COC(=S)c1nc(C)c2cc(-c3ccccc3)ccc2c1O. The molecule has 0 spiro atoms. The summed E-state index contributed by atoms with van der Waals surface area (Å²) in [7, 11) is 1.47. The van der Waals surface area contributed by atoms with Crippen LogP contribution in [0.3, 0.4) is 0 Å². The predicted molar refractivity (Wildman–Crippen MR) is 92.3 cm³/mol. The molecule has 0 unspecified atom stereocenters. The largest absolute Gasteiger partial charge is 0.505 e. The van der Waals surface area contributed by atoms with E-state index in [1.165, 1.54) is 7.11 Å². The topological polar surface area (TPSA) is 42.4 Å². The summed E-state index contributed by atoms with van der Waals surface area (Å²) in [6, 6.07) is 16.0. The first-order valence-electron chi connectivity index (χ1n) is 6.89. The van der Waals surface area contributed by atoms with E-state index in [1.54, 1.807) is 0 Å². The van der Waals surface area contributed by atoms with Gasteiger partial charge in [0.25, 0.3) is 0 Å². The maximum absolute atomic E-state index is 10.4. The van der Waals surface area contributed by atoms with Crippen LogP contribution < -0.4 is 0 Å². The summed E-state index contributed by atoms with van der Waals surface area (Å²) in [6.45, 7) is 1.90. The molecule has 1 aromatic heterocycles. The highest BCUT2D eigenvalue weighted by molar-refractivity contribution is 7.80. The molecule has 0 bridgehead atoms. The third kappa shape index (κ3) is 2.42. The van der Waals surface area contributed by atoms with Gasteiger partial charge in [-0.3, -0.25) is 0 Å². The van der Waals surface area contributed by atoms with E-state index >= 15 is 0 Å². The molecule has 2 aromatic carbocycles. The predicted octanol–water partition coefficient (Wildman–Crippen LogP) is 4.24. The number of aromatic hydroxyl groups is 1. The van der Waals surface area contributed by atoms with E-state index in [4.69, 9.17) is 17.0 Å². The lowest BCUT2D eigenvalue weighted by atomic mass is 10.00. The van der Waals surface area contributed by atoms with E-state index in [1.807, 2.05) is 43.3 Å². The van der Waals surface area contributed by atoms with Crippen molar-refractivity contribution in [1.29, 1.82) is 0 Å². The molecule has 3 nitrogen and oxygen atoms in total. The zero-order chi connectivity index (χ0) is 15.7. The third-order valence-corrected chi connectivity index (χ3v) is 4.01. The minimum absolute atomic E-state index is 0.0621. The van der Waals surface area contributed by atoms with Crippen LogP contribution in [0.4, 0.5) is 0 Å². The summed E-state index contributed by atoms with van der Waals surface area (Å²) in [5.41, 5.74) is 3.33. The highest BCUT2D eigenvalue weighted by Crippen LogP contribution is 2.33. The van der Waals surface area contributed by atoms with Gasteiger partial charge in [-0.15, -0.1) is 0 Å². The van der Waals surface area contributed by atoms with E-state index in [0.717, 1.165) is 27.6 Å². The first-order chi connectivity index (χ1) is 10.6. The second-order valence-electron chi connectivity index (χ2n) is 5.01. The number of hydrogen-bond acceptors (Lipinski definition) is 4. The fourth-order valence-corrected chi connectivity index (χ4v) is 2.65. The van der Waals surface area contributed by atoms with Crippen LogP contribution in [-0.4, -0.2) is 22.3 Å². The number of benzene rings is 2. The lowest BCUT2D eigenvalue weighted by Gasteiger charge is -2.11. The smallest absolute Gasteiger partial charge is 0.213 e. The number of nitrogens with zero attached hydrogens (tertiary/aromatic N) is 1. The number of aromatic nitrogens is 1. The summed E-state index contributed by atoms with van der Waals surface area (Å²) in [6.07, 6.45) is 0. The molecular weight excluding hydrogens is 294 g/mol. The van der Waals surface area contributed by atoms with Crippen molar-refractivity contribution in [2.75, 3.05) is 7.11 Å². The van der Waals surface area contributed by atoms with Crippen LogP contribution in [0, 0.1) is 6.92 Å². The van der Waals surface area contributed by atoms with Crippen LogP contribution >= 0.6 is 12.2 Å². The van der Waals surface area contributed by atoms with Gasteiger partial charge in [0, 0.05) is 16.5 Å². The molecule has 1 N–H and O–H groups in total. The Morgan fingerprint density at radius 2 is 1.77 bits per heavy atom. The minimum atomic E-state index is 0.0621. The molecule has 1 heterocycles. The number of pyridine rings is 1. The Morgan fingerprint density at radius 1 is 1.05 bits per heavy atom. The van der Waals surface area contributed by atoms with E-state index in [0.29, 0.717) is 5.69 Å². The molecule has 3 rings (SSSR count). The second-order valence-corrected chi connectivity index (χ2v) is 5.38. The Hall–Kier alpha value is -2.46. The first-order valence-corrected chi connectivity index (χ1v) is 7.29. The first kappa shape index (κ1) is 14.5. The van der Waals surface area contributed by atoms with Crippen LogP contribution in [0.1, 0.15) is 11.4 Å². The van der Waals surface area contributed by atoms with Gasteiger partial charge in [-0.25, -0.2) is 4.98 Å². The van der Waals surface area contributed by atoms with Crippen molar-refractivity contribution in [3.8, 4) is 16.9 Å². The molecular formula is C18H15NO2S. The average Bonchev–Trinajstić information content (AvgIpc) is 2.57. The van der Waals surface area contributed by atoms with Crippen LogP contribution in [0.5, 0.6) is 5.75 Å². The zero-order valence-corrected chi connectivity index (χ0v) is 13.1. The molecule has 0 aliphatic carbocycles. The Kier molecular flexibility index (Phi) is 3.77. The molecule has 0 atom stereocenters. The van der Waals surface area contributed by atoms with Gasteiger partial charge in [-0.1, -0.05) is 36.4 Å². The van der Waals surface area contributed by atoms with E-state index in [-0.39, 0.29) is 10.8 Å².